The molecule has 1 aromatic heterocycles. The van der Waals surface area contributed by atoms with Crippen molar-refractivity contribution in [3.63, 3.8) is 0 Å². The summed E-state index contributed by atoms with van der Waals surface area (Å²) in [7, 11) is 0. The average Bonchev–Trinajstić information content (AvgIpc) is 2.41. The van der Waals surface area contributed by atoms with E-state index in [2.05, 4.69) is 46.4 Å². The third kappa shape index (κ3) is 3.48. The van der Waals surface area contributed by atoms with Crippen LogP contribution in [0.25, 0.3) is 11.3 Å². The monoisotopic (exact) mass is 288 g/mol. The third-order valence-electron chi connectivity index (χ3n) is 2.77. The van der Waals surface area contributed by atoms with E-state index < -0.39 is 0 Å². The fraction of sp³-hybridized carbons (Fsp3) is 0.200. The summed E-state index contributed by atoms with van der Waals surface area (Å²) in [6.45, 7) is 2.17. The number of rotatable bonds is 4. The van der Waals surface area contributed by atoms with Gasteiger partial charge >= 0.3 is 0 Å². The Morgan fingerprint density at radius 2 is 2.05 bits per heavy atom. The summed E-state index contributed by atoms with van der Waals surface area (Å²) < 4.78 is 0. The van der Waals surface area contributed by atoms with Crippen LogP contribution in [0.5, 0.6) is 0 Å². The van der Waals surface area contributed by atoms with Gasteiger partial charge in [-0.05, 0) is 30.3 Å². The zero-order valence-electron chi connectivity index (χ0n) is 10.6. The van der Waals surface area contributed by atoms with Crippen LogP contribution in [-0.2, 0) is 6.42 Å². The summed E-state index contributed by atoms with van der Waals surface area (Å²) in [4.78, 5) is 8.19. The SMILES string of the molecule is CCCc1ccc(-c2ncc(N=C=S)cc2Cl)cc1. The highest BCUT2D eigenvalue weighted by atomic mass is 35.5. The molecule has 1 heterocycles. The van der Waals surface area contributed by atoms with Crippen LogP contribution in [0.15, 0.2) is 41.5 Å². The second-order valence-corrected chi connectivity index (χ2v) is 4.76. The summed E-state index contributed by atoms with van der Waals surface area (Å²) in [5, 5.41) is 2.87. The van der Waals surface area contributed by atoms with Crippen LogP contribution in [0, 0.1) is 0 Å². The van der Waals surface area contributed by atoms with E-state index in [-0.39, 0.29) is 0 Å². The molecule has 0 unspecified atom stereocenters. The van der Waals surface area contributed by atoms with Crippen molar-refractivity contribution in [2.24, 2.45) is 4.99 Å². The van der Waals surface area contributed by atoms with Crippen molar-refractivity contribution >= 4 is 34.7 Å². The van der Waals surface area contributed by atoms with Crippen LogP contribution >= 0.6 is 23.8 Å². The number of benzene rings is 1. The molecule has 0 saturated heterocycles. The molecule has 0 aliphatic carbocycles. The molecule has 0 radical (unpaired) electrons. The highest BCUT2D eigenvalue weighted by Gasteiger charge is 2.06. The first-order chi connectivity index (χ1) is 9.24. The molecular formula is C15H13ClN2S. The average molecular weight is 289 g/mol. The first kappa shape index (κ1) is 13.9. The largest absolute Gasteiger partial charge is 0.252 e. The Hall–Kier alpha value is -1.54. The van der Waals surface area contributed by atoms with Crippen LogP contribution in [0.1, 0.15) is 18.9 Å². The van der Waals surface area contributed by atoms with E-state index in [9.17, 15) is 0 Å². The highest BCUT2D eigenvalue weighted by molar-refractivity contribution is 7.78. The van der Waals surface area contributed by atoms with Gasteiger partial charge in [-0.3, -0.25) is 4.98 Å². The third-order valence-corrected chi connectivity index (χ3v) is 3.15. The minimum absolute atomic E-state index is 0.565. The number of hydrogen-bond donors (Lipinski definition) is 0. The molecule has 0 bridgehead atoms. The standard InChI is InChI=1S/C15H13ClN2S/c1-2-3-11-4-6-12(7-5-11)15-14(16)8-13(9-17-15)18-10-19/h4-9H,2-3H2,1H3. The van der Waals surface area contributed by atoms with E-state index in [1.54, 1.807) is 12.3 Å². The summed E-state index contributed by atoms with van der Waals surface area (Å²) in [6, 6.07) is 10.0. The highest BCUT2D eigenvalue weighted by Crippen LogP contribution is 2.29. The van der Waals surface area contributed by atoms with Crippen molar-refractivity contribution in [1.82, 2.24) is 4.98 Å². The zero-order valence-corrected chi connectivity index (χ0v) is 12.1. The minimum Gasteiger partial charge on any atom is -0.252 e. The molecule has 1 aromatic carbocycles. The van der Waals surface area contributed by atoms with Gasteiger partial charge in [-0.25, -0.2) is 0 Å². The minimum atomic E-state index is 0.565. The number of nitrogens with zero attached hydrogens (tertiary/aromatic N) is 2. The molecule has 0 saturated carbocycles. The van der Waals surface area contributed by atoms with Crippen molar-refractivity contribution < 1.29 is 0 Å². The molecular weight excluding hydrogens is 276 g/mol. The second kappa shape index (κ2) is 6.58. The molecule has 2 rings (SSSR count). The van der Waals surface area contributed by atoms with Crippen LogP contribution in [0.3, 0.4) is 0 Å². The number of thiocarbonyl (C=S) groups is 1. The van der Waals surface area contributed by atoms with E-state index in [1.807, 2.05) is 12.1 Å². The van der Waals surface area contributed by atoms with Gasteiger partial charge < -0.3 is 0 Å². The van der Waals surface area contributed by atoms with Crippen molar-refractivity contribution in [2.45, 2.75) is 19.8 Å². The molecule has 0 atom stereocenters. The normalized spacial score (nSPS) is 10.0. The number of isothiocyanates is 1. The fourth-order valence-electron chi connectivity index (χ4n) is 1.87. The summed E-state index contributed by atoms with van der Waals surface area (Å²) in [5.41, 5.74) is 3.70. The van der Waals surface area contributed by atoms with Crippen LogP contribution in [-0.4, -0.2) is 10.1 Å². The van der Waals surface area contributed by atoms with Crippen LogP contribution in [0.4, 0.5) is 5.69 Å². The molecule has 0 aliphatic heterocycles. The van der Waals surface area contributed by atoms with Crippen molar-refractivity contribution in [3.05, 3.63) is 47.1 Å². The molecule has 0 fully saturated rings. The van der Waals surface area contributed by atoms with Crippen molar-refractivity contribution in [3.8, 4) is 11.3 Å². The van der Waals surface area contributed by atoms with E-state index in [4.69, 9.17) is 11.6 Å². The predicted molar refractivity (Wildman–Crippen MR) is 83.4 cm³/mol. The maximum absolute atomic E-state index is 6.22. The van der Waals surface area contributed by atoms with Gasteiger partial charge in [0.15, 0.2) is 0 Å². The molecule has 19 heavy (non-hydrogen) atoms. The lowest BCUT2D eigenvalue weighted by atomic mass is 10.1. The molecule has 0 N–H and O–H groups in total. The summed E-state index contributed by atoms with van der Waals surface area (Å²) in [5.74, 6) is 0. The second-order valence-electron chi connectivity index (χ2n) is 4.17. The van der Waals surface area contributed by atoms with Crippen molar-refractivity contribution in [1.29, 1.82) is 0 Å². The fourth-order valence-corrected chi connectivity index (χ4v) is 2.25. The summed E-state index contributed by atoms with van der Waals surface area (Å²) in [6.07, 6.45) is 3.87. The maximum Gasteiger partial charge on any atom is 0.0937 e. The molecule has 4 heteroatoms. The number of hydrogen-bond acceptors (Lipinski definition) is 3. The predicted octanol–water partition coefficient (Wildman–Crippen LogP) is 5.09. The smallest absolute Gasteiger partial charge is 0.0937 e. The lowest BCUT2D eigenvalue weighted by Gasteiger charge is -2.05. The number of aromatic nitrogens is 1. The van der Waals surface area contributed by atoms with E-state index in [1.165, 1.54) is 5.56 Å². The first-order valence-corrected chi connectivity index (χ1v) is 6.86. The molecule has 0 aliphatic rings. The molecule has 96 valence electrons. The Balaban J connectivity index is 2.33. The van der Waals surface area contributed by atoms with Gasteiger partial charge in [0.05, 0.1) is 27.8 Å². The molecule has 0 spiro atoms. The van der Waals surface area contributed by atoms with Gasteiger partial charge in [-0.15, -0.1) is 0 Å². The van der Waals surface area contributed by atoms with Crippen molar-refractivity contribution in [2.75, 3.05) is 0 Å². The van der Waals surface area contributed by atoms with Gasteiger partial charge in [-0.1, -0.05) is 49.2 Å². The van der Waals surface area contributed by atoms with Gasteiger partial charge in [0, 0.05) is 5.56 Å². The zero-order chi connectivity index (χ0) is 13.7. The quantitative estimate of drug-likeness (QED) is 0.578. The molecule has 0 amide bonds. The van der Waals surface area contributed by atoms with Gasteiger partial charge in [0.2, 0.25) is 0 Å². The lowest BCUT2D eigenvalue weighted by molar-refractivity contribution is 0.922. The Bertz CT molecular complexity index is 617. The van der Waals surface area contributed by atoms with Crippen LogP contribution < -0.4 is 0 Å². The Morgan fingerprint density at radius 1 is 1.32 bits per heavy atom. The molecule has 2 aromatic rings. The van der Waals surface area contributed by atoms with Gasteiger partial charge in [-0.2, -0.15) is 4.99 Å². The Kier molecular flexibility index (Phi) is 4.80. The Morgan fingerprint density at radius 3 is 2.63 bits per heavy atom. The topological polar surface area (TPSA) is 25.2 Å². The first-order valence-electron chi connectivity index (χ1n) is 6.07. The Labute approximate surface area is 123 Å². The molecule has 2 nitrogen and oxygen atoms in total. The van der Waals surface area contributed by atoms with E-state index in [0.29, 0.717) is 10.7 Å². The maximum atomic E-state index is 6.22. The van der Waals surface area contributed by atoms with Gasteiger partial charge in [0.1, 0.15) is 0 Å². The number of aryl methyl sites for hydroxylation is 1. The number of pyridine rings is 1. The summed E-state index contributed by atoms with van der Waals surface area (Å²) >= 11 is 10.8. The number of aliphatic imine (C=N–C) groups is 1. The van der Waals surface area contributed by atoms with E-state index >= 15 is 0 Å². The van der Waals surface area contributed by atoms with Crippen LogP contribution in [0.2, 0.25) is 5.02 Å². The van der Waals surface area contributed by atoms with Gasteiger partial charge in [0.25, 0.3) is 0 Å². The number of halogens is 1. The lowest BCUT2D eigenvalue weighted by Crippen LogP contribution is -1.87. The van der Waals surface area contributed by atoms with E-state index in [0.717, 1.165) is 24.1 Å².